The lowest BCUT2D eigenvalue weighted by atomic mass is 10.2. The fourth-order valence-corrected chi connectivity index (χ4v) is 2.60. The number of carboxylic acid groups (broad SMARTS) is 1. The lowest BCUT2D eigenvalue weighted by Crippen LogP contribution is -2.24. The lowest BCUT2D eigenvalue weighted by Gasteiger charge is -2.04. The molecule has 1 aromatic rings. The molecule has 0 aliphatic heterocycles. The van der Waals surface area contributed by atoms with Gasteiger partial charge in [0.15, 0.2) is 0 Å². The van der Waals surface area contributed by atoms with Gasteiger partial charge in [-0.25, -0.2) is 17.9 Å². The van der Waals surface area contributed by atoms with Gasteiger partial charge in [0, 0.05) is 19.3 Å². The number of hydrogen-bond acceptors (Lipinski definition) is 4. The van der Waals surface area contributed by atoms with Crippen molar-refractivity contribution >= 4 is 16.0 Å². The van der Waals surface area contributed by atoms with Crippen LogP contribution in [0.1, 0.15) is 36.2 Å². The van der Waals surface area contributed by atoms with E-state index < -0.39 is 16.0 Å². The van der Waals surface area contributed by atoms with E-state index in [4.69, 9.17) is 10.2 Å². The summed E-state index contributed by atoms with van der Waals surface area (Å²) >= 11 is 0. The van der Waals surface area contributed by atoms with Crippen molar-refractivity contribution in [1.29, 1.82) is 0 Å². The first-order valence-corrected chi connectivity index (χ1v) is 7.48. The van der Waals surface area contributed by atoms with Crippen LogP contribution >= 0.6 is 0 Å². The van der Waals surface area contributed by atoms with Crippen LogP contribution < -0.4 is 4.72 Å². The first kappa shape index (κ1) is 15.7. The molecule has 0 atom stereocenters. The van der Waals surface area contributed by atoms with Crippen molar-refractivity contribution in [3.05, 3.63) is 18.0 Å². The quantitative estimate of drug-likeness (QED) is 0.495. The third-order valence-electron chi connectivity index (χ3n) is 2.57. The summed E-state index contributed by atoms with van der Waals surface area (Å²) in [7, 11) is -3.66. The number of rotatable bonds is 9. The largest absolute Gasteiger partial charge is 0.477 e. The number of aromatic amines is 1. The Morgan fingerprint density at radius 1 is 1.26 bits per heavy atom. The van der Waals surface area contributed by atoms with E-state index in [0.717, 1.165) is 25.1 Å². The third-order valence-corrected chi connectivity index (χ3v) is 4.01. The molecule has 0 saturated carbocycles. The molecule has 0 spiro atoms. The monoisotopic (exact) mass is 290 g/mol. The van der Waals surface area contributed by atoms with Gasteiger partial charge in [0.25, 0.3) is 0 Å². The highest BCUT2D eigenvalue weighted by Crippen LogP contribution is 2.10. The number of H-pyrrole nitrogens is 1. The molecule has 8 heteroatoms. The van der Waals surface area contributed by atoms with Crippen molar-refractivity contribution in [2.45, 2.75) is 30.6 Å². The van der Waals surface area contributed by atoms with Crippen LogP contribution in [0.3, 0.4) is 0 Å². The number of aliphatic hydroxyl groups excluding tert-OH is 1. The van der Waals surface area contributed by atoms with Crippen molar-refractivity contribution in [3.63, 3.8) is 0 Å². The first-order chi connectivity index (χ1) is 8.97. The van der Waals surface area contributed by atoms with E-state index in [1.165, 1.54) is 0 Å². The molecule has 0 unspecified atom stereocenters. The summed E-state index contributed by atoms with van der Waals surface area (Å²) in [5.41, 5.74) is -0.164. The molecule has 1 rings (SSSR count). The zero-order valence-corrected chi connectivity index (χ0v) is 11.2. The molecule has 7 nitrogen and oxygen atoms in total. The Labute approximate surface area is 111 Å². The molecule has 0 radical (unpaired) electrons. The average Bonchev–Trinajstić information content (AvgIpc) is 2.84. The van der Waals surface area contributed by atoms with Gasteiger partial charge in [0.1, 0.15) is 10.6 Å². The van der Waals surface area contributed by atoms with Gasteiger partial charge < -0.3 is 15.2 Å². The van der Waals surface area contributed by atoms with Crippen molar-refractivity contribution < 1.29 is 23.4 Å². The molecule has 4 N–H and O–H groups in total. The second-order valence-corrected chi connectivity index (χ2v) is 5.86. The van der Waals surface area contributed by atoms with Crippen molar-refractivity contribution in [2.24, 2.45) is 0 Å². The summed E-state index contributed by atoms with van der Waals surface area (Å²) in [6.45, 7) is 0.439. The molecule has 0 bridgehead atoms. The number of aliphatic hydroxyl groups is 1. The number of unbranched alkanes of at least 4 members (excludes halogenated alkanes) is 3. The molecule has 1 heterocycles. The Kier molecular flexibility index (Phi) is 6.00. The van der Waals surface area contributed by atoms with Crippen molar-refractivity contribution in [2.75, 3.05) is 13.2 Å². The Morgan fingerprint density at radius 3 is 2.53 bits per heavy atom. The maximum atomic E-state index is 11.8. The maximum Gasteiger partial charge on any atom is 0.352 e. The summed E-state index contributed by atoms with van der Waals surface area (Å²) in [6.07, 6.45) is 4.22. The zero-order valence-electron chi connectivity index (χ0n) is 10.4. The van der Waals surface area contributed by atoms with Crippen LogP contribution in [-0.4, -0.2) is 42.7 Å². The second kappa shape index (κ2) is 7.27. The molecule has 19 heavy (non-hydrogen) atoms. The summed E-state index contributed by atoms with van der Waals surface area (Å²) in [6, 6.07) is 1.08. The Balaban J connectivity index is 2.44. The number of carboxylic acids is 1. The van der Waals surface area contributed by atoms with Crippen LogP contribution in [-0.2, 0) is 10.0 Å². The predicted molar refractivity (Wildman–Crippen MR) is 68.5 cm³/mol. The fourth-order valence-electron chi connectivity index (χ4n) is 1.53. The van der Waals surface area contributed by atoms with Gasteiger partial charge in [-0.15, -0.1) is 0 Å². The Bertz CT molecular complexity index is 509. The van der Waals surface area contributed by atoms with Gasteiger partial charge in [-0.3, -0.25) is 0 Å². The summed E-state index contributed by atoms with van der Waals surface area (Å²) in [5.74, 6) is -1.20. The van der Waals surface area contributed by atoms with Crippen LogP contribution in [0.4, 0.5) is 0 Å². The molecule has 0 aromatic carbocycles. The number of aromatic nitrogens is 1. The minimum absolute atomic E-state index is 0.0831. The fraction of sp³-hybridized carbons (Fsp3) is 0.545. The summed E-state index contributed by atoms with van der Waals surface area (Å²) < 4.78 is 26.0. The van der Waals surface area contributed by atoms with E-state index in [9.17, 15) is 13.2 Å². The van der Waals surface area contributed by atoms with Gasteiger partial charge in [0.2, 0.25) is 10.0 Å². The molecule has 0 aliphatic rings. The van der Waals surface area contributed by atoms with E-state index in [1.807, 2.05) is 0 Å². The SMILES string of the molecule is O=C(O)c1cc(S(=O)(=O)NCCCCCCO)c[nH]1. The lowest BCUT2D eigenvalue weighted by molar-refractivity contribution is 0.0691. The average molecular weight is 290 g/mol. The van der Waals surface area contributed by atoms with Gasteiger partial charge in [0.05, 0.1) is 0 Å². The normalized spacial score (nSPS) is 11.6. The molecule has 0 fully saturated rings. The van der Waals surface area contributed by atoms with Gasteiger partial charge >= 0.3 is 5.97 Å². The van der Waals surface area contributed by atoms with Gasteiger partial charge in [-0.2, -0.15) is 0 Å². The van der Waals surface area contributed by atoms with Crippen LogP contribution in [0.2, 0.25) is 0 Å². The van der Waals surface area contributed by atoms with Gasteiger partial charge in [-0.1, -0.05) is 12.8 Å². The number of nitrogens with one attached hydrogen (secondary N) is 2. The van der Waals surface area contributed by atoms with Crippen LogP contribution in [0, 0.1) is 0 Å². The van der Waals surface area contributed by atoms with Gasteiger partial charge in [-0.05, 0) is 18.9 Å². The molecule has 0 saturated heterocycles. The van der Waals surface area contributed by atoms with Crippen LogP contribution in [0.25, 0.3) is 0 Å². The second-order valence-electron chi connectivity index (χ2n) is 4.09. The minimum Gasteiger partial charge on any atom is -0.477 e. The highest BCUT2D eigenvalue weighted by Gasteiger charge is 2.17. The Hall–Kier alpha value is -1.38. The number of carbonyl (C=O) groups is 1. The molecular formula is C11H18N2O5S. The zero-order chi connectivity index (χ0) is 14.3. The van der Waals surface area contributed by atoms with E-state index in [-0.39, 0.29) is 17.2 Å². The molecular weight excluding hydrogens is 272 g/mol. The molecule has 1 aromatic heterocycles. The molecule has 0 amide bonds. The topological polar surface area (TPSA) is 119 Å². The summed E-state index contributed by atoms with van der Waals surface area (Å²) in [4.78, 5) is 12.9. The van der Waals surface area contributed by atoms with Crippen molar-refractivity contribution in [1.82, 2.24) is 9.71 Å². The van der Waals surface area contributed by atoms with Crippen LogP contribution in [0.5, 0.6) is 0 Å². The number of hydrogen-bond donors (Lipinski definition) is 4. The minimum atomic E-state index is -3.66. The third kappa shape index (κ3) is 5.01. The van der Waals surface area contributed by atoms with Crippen molar-refractivity contribution in [3.8, 4) is 0 Å². The van der Waals surface area contributed by atoms with E-state index in [1.54, 1.807) is 0 Å². The maximum absolute atomic E-state index is 11.8. The van der Waals surface area contributed by atoms with E-state index in [0.29, 0.717) is 19.4 Å². The van der Waals surface area contributed by atoms with E-state index >= 15 is 0 Å². The molecule has 0 aliphatic carbocycles. The van der Waals surface area contributed by atoms with E-state index in [2.05, 4.69) is 9.71 Å². The highest BCUT2D eigenvalue weighted by atomic mass is 32.2. The standard InChI is InChI=1S/C11H18N2O5S/c14-6-4-2-1-3-5-13-19(17,18)9-7-10(11(15)16)12-8-9/h7-8,12-14H,1-6H2,(H,15,16). The first-order valence-electron chi connectivity index (χ1n) is 5.99. The number of aromatic carboxylic acids is 1. The molecule has 108 valence electrons. The Morgan fingerprint density at radius 2 is 1.95 bits per heavy atom. The summed E-state index contributed by atoms with van der Waals surface area (Å²) in [5, 5.41) is 17.3. The number of sulfonamides is 1. The predicted octanol–water partition coefficient (Wildman–Crippen LogP) is 0.544. The van der Waals surface area contributed by atoms with Crippen LogP contribution in [0.15, 0.2) is 17.2 Å². The highest BCUT2D eigenvalue weighted by molar-refractivity contribution is 7.89. The smallest absolute Gasteiger partial charge is 0.352 e.